The molecule has 1 fully saturated rings. The van der Waals surface area contributed by atoms with Crippen LogP contribution in [0.3, 0.4) is 0 Å². The van der Waals surface area contributed by atoms with E-state index in [1.165, 1.54) is 0 Å². The smallest absolute Gasteiger partial charge is 0.257 e. The van der Waals surface area contributed by atoms with Crippen molar-refractivity contribution in [1.29, 1.82) is 0 Å². The van der Waals surface area contributed by atoms with E-state index < -0.39 is 0 Å². The molecular formula is C14H25N5O. The molecule has 20 heavy (non-hydrogen) atoms. The number of H-pyrrole nitrogens is 1. The lowest BCUT2D eigenvalue weighted by Crippen LogP contribution is -2.35. The number of carbonyl (C=O) groups excluding carboxylic acids is 1. The lowest BCUT2D eigenvalue weighted by molar-refractivity contribution is 0.0761. The molecule has 0 unspecified atom stereocenters. The second-order valence-electron chi connectivity index (χ2n) is 5.39. The zero-order chi connectivity index (χ0) is 14.4. The maximum absolute atomic E-state index is 12.4. The number of nitrogens with one attached hydrogen (secondary N) is 1. The van der Waals surface area contributed by atoms with Crippen molar-refractivity contribution in [2.75, 3.05) is 39.3 Å². The topological polar surface area (TPSA) is 78.2 Å². The Labute approximate surface area is 120 Å². The molecule has 2 rings (SSSR count). The molecule has 112 valence electrons. The van der Waals surface area contributed by atoms with E-state index in [-0.39, 0.29) is 5.91 Å². The number of unbranched alkanes of at least 4 members (excludes halogenated alkanes) is 1. The summed E-state index contributed by atoms with van der Waals surface area (Å²) in [6.45, 7) is 7.38. The predicted octanol–water partition coefficient (Wildman–Crippen LogP) is 0.605. The van der Waals surface area contributed by atoms with Gasteiger partial charge in [-0.1, -0.05) is 0 Å². The Balaban J connectivity index is 1.86. The van der Waals surface area contributed by atoms with Gasteiger partial charge in [-0.2, -0.15) is 5.10 Å². The molecule has 0 bridgehead atoms. The number of nitrogens with two attached hydrogens (primary N) is 1. The van der Waals surface area contributed by atoms with Crippen LogP contribution >= 0.6 is 0 Å². The average Bonchev–Trinajstić information content (AvgIpc) is 2.73. The largest absolute Gasteiger partial charge is 0.337 e. The Hall–Kier alpha value is -1.40. The van der Waals surface area contributed by atoms with Gasteiger partial charge in [-0.25, -0.2) is 0 Å². The minimum Gasteiger partial charge on any atom is -0.337 e. The van der Waals surface area contributed by atoms with Gasteiger partial charge in [0.15, 0.2) is 0 Å². The van der Waals surface area contributed by atoms with Gasteiger partial charge in [-0.15, -0.1) is 0 Å². The van der Waals surface area contributed by atoms with Gasteiger partial charge in [0, 0.05) is 25.3 Å². The van der Waals surface area contributed by atoms with Crippen molar-refractivity contribution >= 4 is 5.91 Å². The van der Waals surface area contributed by atoms with Crippen LogP contribution in [-0.2, 0) is 0 Å². The minimum absolute atomic E-state index is 0.0973. The highest BCUT2D eigenvalue weighted by molar-refractivity contribution is 5.95. The van der Waals surface area contributed by atoms with Crippen molar-refractivity contribution in [3.05, 3.63) is 17.5 Å². The summed E-state index contributed by atoms with van der Waals surface area (Å²) in [5.74, 6) is 0.0973. The first-order valence-corrected chi connectivity index (χ1v) is 7.44. The Bertz CT molecular complexity index is 431. The molecule has 1 saturated heterocycles. The van der Waals surface area contributed by atoms with Gasteiger partial charge in [0.05, 0.1) is 11.8 Å². The average molecular weight is 279 g/mol. The third-order valence-electron chi connectivity index (χ3n) is 3.86. The van der Waals surface area contributed by atoms with Crippen molar-refractivity contribution in [3.8, 4) is 0 Å². The molecule has 1 aliphatic rings. The fraction of sp³-hybridized carbons (Fsp3) is 0.714. The van der Waals surface area contributed by atoms with Crippen molar-refractivity contribution in [2.24, 2.45) is 5.73 Å². The molecular weight excluding hydrogens is 254 g/mol. The minimum atomic E-state index is 0.0973. The van der Waals surface area contributed by atoms with Crippen molar-refractivity contribution in [3.63, 3.8) is 0 Å². The monoisotopic (exact) mass is 279 g/mol. The SMILES string of the molecule is Cc1[nH]ncc1C(=O)N1CCCN(CCCCN)CC1. The highest BCUT2D eigenvalue weighted by atomic mass is 16.2. The molecule has 1 aromatic rings. The van der Waals surface area contributed by atoms with Gasteiger partial charge in [-0.3, -0.25) is 9.89 Å². The summed E-state index contributed by atoms with van der Waals surface area (Å²) in [7, 11) is 0. The van der Waals surface area contributed by atoms with E-state index >= 15 is 0 Å². The van der Waals surface area contributed by atoms with E-state index in [9.17, 15) is 4.79 Å². The molecule has 0 aliphatic carbocycles. The molecule has 0 aromatic carbocycles. The molecule has 1 amide bonds. The Morgan fingerprint density at radius 1 is 1.35 bits per heavy atom. The molecule has 3 N–H and O–H groups in total. The molecule has 2 heterocycles. The van der Waals surface area contributed by atoms with Crippen LogP contribution in [0.1, 0.15) is 35.3 Å². The molecule has 0 saturated carbocycles. The van der Waals surface area contributed by atoms with E-state index in [0.717, 1.165) is 64.2 Å². The van der Waals surface area contributed by atoms with E-state index in [1.807, 2.05) is 11.8 Å². The maximum atomic E-state index is 12.4. The Kier molecular flexibility index (Phi) is 5.55. The second kappa shape index (κ2) is 7.40. The van der Waals surface area contributed by atoms with E-state index in [2.05, 4.69) is 15.1 Å². The summed E-state index contributed by atoms with van der Waals surface area (Å²) in [6, 6.07) is 0. The van der Waals surface area contributed by atoms with Gasteiger partial charge < -0.3 is 15.5 Å². The summed E-state index contributed by atoms with van der Waals surface area (Å²) >= 11 is 0. The lowest BCUT2D eigenvalue weighted by Gasteiger charge is -2.21. The summed E-state index contributed by atoms with van der Waals surface area (Å²) in [5.41, 5.74) is 7.07. The van der Waals surface area contributed by atoms with Gasteiger partial charge in [0.2, 0.25) is 0 Å². The van der Waals surface area contributed by atoms with Crippen LogP contribution in [0.25, 0.3) is 0 Å². The summed E-state index contributed by atoms with van der Waals surface area (Å²) < 4.78 is 0. The van der Waals surface area contributed by atoms with Crippen molar-refractivity contribution in [1.82, 2.24) is 20.0 Å². The number of hydrogen-bond acceptors (Lipinski definition) is 4. The number of hydrogen-bond donors (Lipinski definition) is 2. The fourth-order valence-corrected chi connectivity index (χ4v) is 2.61. The molecule has 0 atom stereocenters. The van der Waals surface area contributed by atoms with Crippen molar-refractivity contribution < 1.29 is 4.79 Å². The van der Waals surface area contributed by atoms with E-state index in [0.29, 0.717) is 5.56 Å². The fourth-order valence-electron chi connectivity index (χ4n) is 2.61. The van der Waals surface area contributed by atoms with Gasteiger partial charge >= 0.3 is 0 Å². The van der Waals surface area contributed by atoms with E-state index in [4.69, 9.17) is 5.73 Å². The first-order chi connectivity index (χ1) is 9.72. The molecule has 0 radical (unpaired) electrons. The number of aromatic nitrogens is 2. The summed E-state index contributed by atoms with van der Waals surface area (Å²) in [6.07, 6.45) is 4.88. The predicted molar refractivity (Wildman–Crippen MR) is 78.6 cm³/mol. The standard InChI is InChI=1S/C14H25N5O/c1-12-13(11-16-17-12)14(20)19-8-4-7-18(9-10-19)6-3-2-5-15/h11H,2-10,15H2,1H3,(H,16,17). The number of aromatic amines is 1. The normalized spacial score (nSPS) is 17.2. The molecule has 1 aromatic heterocycles. The molecule has 6 nitrogen and oxygen atoms in total. The summed E-state index contributed by atoms with van der Waals surface area (Å²) in [4.78, 5) is 16.8. The van der Waals surface area contributed by atoms with E-state index in [1.54, 1.807) is 6.20 Å². The van der Waals surface area contributed by atoms with Crippen LogP contribution in [0.4, 0.5) is 0 Å². The van der Waals surface area contributed by atoms with Crippen LogP contribution in [0, 0.1) is 6.92 Å². The maximum Gasteiger partial charge on any atom is 0.257 e. The molecule has 1 aliphatic heterocycles. The summed E-state index contributed by atoms with van der Waals surface area (Å²) in [5, 5.41) is 6.76. The first kappa shape index (κ1) is 15.0. The van der Waals surface area contributed by atoms with Crippen molar-refractivity contribution in [2.45, 2.75) is 26.2 Å². The van der Waals surface area contributed by atoms with Crippen LogP contribution in [0.15, 0.2) is 6.20 Å². The first-order valence-electron chi connectivity index (χ1n) is 7.44. The van der Waals surface area contributed by atoms with Gasteiger partial charge in [0.25, 0.3) is 5.91 Å². The Morgan fingerprint density at radius 3 is 2.90 bits per heavy atom. The highest BCUT2D eigenvalue weighted by Gasteiger charge is 2.21. The van der Waals surface area contributed by atoms with Crippen LogP contribution in [0.2, 0.25) is 0 Å². The number of nitrogens with zero attached hydrogens (tertiary/aromatic N) is 3. The number of amides is 1. The van der Waals surface area contributed by atoms with Crippen LogP contribution in [0.5, 0.6) is 0 Å². The molecule has 6 heteroatoms. The third-order valence-corrected chi connectivity index (χ3v) is 3.86. The zero-order valence-corrected chi connectivity index (χ0v) is 12.3. The lowest BCUT2D eigenvalue weighted by atomic mass is 10.2. The number of rotatable bonds is 5. The van der Waals surface area contributed by atoms with Gasteiger partial charge in [-0.05, 0) is 45.8 Å². The highest BCUT2D eigenvalue weighted by Crippen LogP contribution is 2.11. The number of aryl methyl sites for hydroxylation is 1. The number of carbonyl (C=O) groups is 1. The molecule has 0 spiro atoms. The Morgan fingerprint density at radius 2 is 2.20 bits per heavy atom. The quantitative estimate of drug-likeness (QED) is 0.774. The van der Waals surface area contributed by atoms with Gasteiger partial charge in [0.1, 0.15) is 0 Å². The van der Waals surface area contributed by atoms with Crippen LogP contribution in [-0.4, -0.2) is 65.2 Å². The zero-order valence-electron chi connectivity index (χ0n) is 12.3. The van der Waals surface area contributed by atoms with Crippen LogP contribution < -0.4 is 5.73 Å². The third kappa shape index (κ3) is 3.80. The second-order valence-corrected chi connectivity index (χ2v) is 5.39.